The van der Waals surface area contributed by atoms with E-state index in [0.717, 1.165) is 5.56 Å². The maximum Gasteiger partial charge on any atom is 0.280 e. The molecule has 2 N–H and O–H groups in total. The van der Waals surface area contributed by atoms with E-state index in [1.165, 1.54) is 16.8 Å². The molecule has 0 aliphatic carbocycles. The monoisotopic (exact) mass is 829 g/mol. The van der Waals surface area contributed by atoms with Crippen molar-refractivity contribution in [3.05, 3.63) is 76.3 Å². The molecule has 3 heterocycles. The largest absolute Gasteiger partial charge is 0.484 e. The summed E-state index contributed by atoms with van der Waals surface area (Å²) in [5, 5.41) is 2.62. The predicted molar refractivity (Wildman–Crippen MR) is 226 cm³/mol. The summed E-state index contributed by atoms with van der Waals surface area (Å²) >= 11 is 0. The molecule has 1 aliphatic heterocycles. The van der Waals surface area contributed by atoms with Gasteiger partial charge in [0.15, 0.2) is 24.0 Å². The lowest BCUT2D eigenvalue weighted by Crippen LogP contribution is -2.39. The van der Waals surface area contributed by atoms with Crippen molar-refractivity contribution in [1.29, 1.82) is 0 Å². The highest BCUT2D eigenvalue weighted by Gasteiger charge is 2.48. The third-order valence-electron chi connectivity index (χ3n) is 8.82. The number of amides is 1. The zero-order valence-corrected chi connectivity index (χ0v) is 36.5. The van der Waals surface area contributed by atoms with Gasteiger partial charge in [-0.1, -0.05) is 86.5 Å². The number of rotatable bonds is 18. The number of nitrogens with zero attached hydrogens (tertiary/aromatic N) is 4. The van der Waals surface area contributed by atoms with E-state index in [2.05, 4.69) is 112 Å². The van der Waals surface area contributed by atoms with Crippen LogP contribution in [0.4, 0.5) is 5.95 Å². The van der Waals surface area contributed by atoms with Crippen LogP contribution in [-0.4, -0.2) is 85.6 Å². The summed E-state index contributed by atoms with van der Waals surface area (Å²) in [5.74, 6) is 0.332. The van der Waals surface area contributed by atoms with Crippen molar-refractivity contribution < 1.29 is 29.4 Å². The van der Waals surface area contributed by atoms with E-state index in [1.807, 2.05) is 35.1 Å². The van der Waals surface area contributed by atoms with Gasteiger partial charge >= 0.3 is 0 Å². The van der Waals surface area contributed by atoms with Crippen LogP contribution in [0.2, 0.25) is 0 Å². The van der Waals surface area contributed by atoms with E-state index in [0.29, 0.717) is 24.7 Å². The number of hydrogen-bond acceptors (Lipinski definition) is 12. The fourth-order valence-corrected chi connectivity index (χ4v) is 10.2. The SMILES string of the molecule is [2H]CC1OC(n2cnc3c(=O)[nH]c(NC(=O)COc4ccc(C(C)C)cc4)nc32)C(OC)C1OP(OCCc1ccccc1SSC(C)(C)C)N(C(C)C)C(C)C. The molecule has 5 atom stereocenters. The van der Waals surface area contributed by atoms with Gasteiger partial charge in [0.05, 0.1) is 19.0 Å². The van der Waals surface area contributed by atoms with Crippen molar-refractivity contribution in [2.75, 3.05) is 25.6 Å². The molecular formula is C40H57N6O7PS2. The number of fused-ring (bicyclic) bond motifs is 1. The van der Waals surface area contributed by atoms with Crippen LogP contribution in [0.3, 0.4) is 0 Å². The highest BCUT2D eigenvalue weighted by Crippen LogP contribution is 2.51. The van der Waals surface area contributed by atoms with Crippen molar-refractivity contribution in [2.24, 2.45) is 0 Å². The molecule has 306 valence electrons. The van der Waals surface area contributed by atoms with Gasteiger partial charge in [0.25, 0.3) is 20.0 Å². The third kappa shape index (κ3) is 11.3. The quantitative estimate of drug-likeness (QED) is 0.0732. The first kappa shape index (κ1) is 42.6. The Kier molecular flexibility index (Phi) is 14.9. The van der Waals surface area contributed by atoms with Crippen LogP contribution in [-0.2, 0) is 29.7 Å². The van der Waals surface area contributed by atoms with Crippen LogP contribution in [0.5, 0.6) is 5.75 Å². The molecule has 4 aromatic rings. The van der Waals surface area contributed by atoms with Gasteiger partial charge in [-0.15, -0.1) is 0 Å². The van der Waals surface area contributed by atoms with Crippen LogP contribution in [0.25, 0.3) is 11.2 Å². The second kappa shape index (κ2) is 19.6. The number of H-pyrrole nitrogens is 1. The van der Waals surface area contributed by atoms with Gasteiger partial charge in [-0.25, -0.2) is 9.65 Å². The summed E-state index contributed by atoms with van der Waals surface area (Å²) in [6.07, 6.45) is -0.857. The van der Waals surface area contributed by atoms with Gasteiger partial charge in [-0.05, 0) is 76.3 Å². The minimum Gasteiger partial charge on any atom is -0.484 e. The average Bonchev–Trinajstić information content (AvgIpc) is 3.74. The number of aromatic amines is 1. The Hall–Kier alpha value is -3.01. The normalized spacial score (nSPS) is 19.7. The Morgan fingerprint density at radius 1 is 1.09 bits per heavy atom. The smallest absolute Gasteiger partial charge is 0.280 e. The number of aromatic nitrogens is 4. The Labute approximate surface area is 341 Å². The fourth-order valence-electron chi connectivity index (χ4n) is 6.17. The fraction of sp³-hybridized carbons (Fsp3) is 0.550. The van der Waals surface area contributed by atoms with Crippen molar-refractivity contribution in [3.8, 4) is 5.75 Å². The van der Waals surface area contributed by atoms with E-state index in [-0.39, 0.29) is 47.4 Å². The number of anilines is 1. The van der Waals surface area contributed by atoms with Gasteiger partial charge in [-0.2, -0.15) is 4.98 Å². The molecule has 56 heavy (non-hydrogen) atoms. The summed E-state index contributed by atoms with van der Waals surface area (Å²) < 4.78 is 44.1. The summed E-state index contributed by atoms with van der Waals surface area (Å²) in [6.45, 7) is 19.3. The molecule has 0 saturated carbocycles. The number of benzene rings is 2. The van der Waals surface area contributed by atoms with Crippen molar-refractivity contribution >= 4 is 53.1 Å². The Balaban J connectivity index is 1.34. The highest BCUT2D eigenvalue weighted by molar-refractivity contribution is 8.77. The van der Waals surface area contributed by atoms with Crippen molar-refractivity contribution in [3.63, 3.8) is 0 Å². The van der Waals surface area contributed by atoms with Crippen LogP contribution in [0.15, 0.2) is 64.5 Å². The summed E-state index contributed by atoms with van der Waals surface area (Å²) in [5.41, 5.74) is 2.03. The summed E-state index contributed by atoms with van der Waals surface area (Å²) in [4.78, 5) is 38.7. The molecule has 2 aromatic carbocycles. The molecule has 13 nitrogen and oxygen atoms in total. The molecule has 0 radical (unpaired) electrons. The van der Waals surface area contributed by atoms with E-state index in [4.69, 9.17) is 24.6 Å². The minimum absolute atomic E-state index is 0.0513. The Morgan fingerprint density at radius 3 is 2.45 bits per heavy atom. The summed E-state index contributed by atoms with van der Waals surface area (Å²) in [6, 6.07) is 16.1. The number of methoxy groups -OCH3 is 1. The second-order valence-corrected chi connectivity index (χ2v) is 19.8. The minimum atomic E-state index is -1.64. The van der Waals surface area contributed by atoms with Gasteiger partial charge < -0.3 is 23.3 Å². The van der Waals surface area contributed by atoms with Gasteiger partial charge in [0.1, 0.15) is 18.0 Å². The topological polar surface area (TPSA) is 142 Å². The molecule has 5 rings (SSSR count). The molecule has 1 fully saturated rings. The standard InChI is InChI=1S/C40H57N6O7PS2/c1-24(2)28-16-18-30(19-17-28)50-22-32(47)42-39-43-36-33(37(48)44-39)41-23-45(36)38-35(49-11)34(27(7)52-38)53-54(46(25(3)4)26(5)6)51-21-20-29-14-12-13-15-31(29)55-56-40(8,9)10/h12-19,23-27,34-35,38H,20-22H2,1-11H3,(H2,42,43,44,47,48)/i7D. The first-order valence-corrected chi connectivity index (χ1v) is 22.2. The average molecular weight is 830 g/mol. The Bertz CT molecular complexity index is 1970. The zero-order valence-electron chi connectivity index (χ0n) is 35.0. The van der Waals surface area contributed by atoms with E-state index < -0.39 is 44.5 Å². The maximum absolute atomic E-state index is 13.2. The molecule has 1 aliphatic rings. The number of carbonyl (C=O) groups is 1. The highest BCUT2D eigenvalue weighted by atomic mass is 33.1. The van der Waals surface area contributed by atoms with E-state index >= 15 is 0 Å². The number of carbonyl (C=O) groups excluding carboxylic acids is 1. The van der Waals surface area contributed by atoms with E-state index in [9.17, 15) is 9.59 Å². The molecule has 1 amide bonds. The molecular weight excluding hydrogens is 772 g/mol. The summed E-state index contributed by atoms with van der Waals surface area (Å²) in [7, 11) is 3.52. The second-order valence-electron chi connectivity index (χ2n) is 15.4. The van der Waals surface area contributed by atoms with Gasteiger partial charge in [-0.3, -0.25) is 24.5 Å². The molecule has 2 aromatic heterocycles. The van der Waals surface area contributed by atoms with E-state index in [1.54, 1.807) is 22.5 Å². The van der Waals surface area contributed by atoms with Crippen LogP contribution >= 0.6 is 30.1 Å². The number of hydrogen-bond donors (Lipinski definition) is 2. The van der Waals surface area contributed by atoms with Crippen molar-refractivity contribution in [2.45, 2.75) is 128 Å². The first-order chi connectivity index (χ1) is 27.1. The number of imidazole rings is 1. The lowest BCUT2D eigenvalue weighted by Gasteiger charge is -2.38. The number of ether oxygens (including phenoxy) is 3. The maximum atomic E-state index is 13.2. The van der Waals surface area contributed by atoms with Gasteiger partial charge in [0, 0.05) is 30.2 Å². The first-order valence-electron chi connectivity index (χ1n) is 19.6. The third-order valence-corrected chi connectivity index (χ3v) is 14.4. The Morgan fingerprint density at radius 2 is 1.80 bits per heavy atom. The zero-order chi connectivity index (χ0) is 41.4. The molecule has 0 bridgehead atoms. The number of nitrogens with one attached hydrogen (secondary N) is 2. The molecule has 16 heteroatoms. The van der Waals surface area contributed by atoms with Crippen molar-refractivity contribution in [1.82, 2.24) is 24.2 Å². The molecule has 1 saturated heterocycles. The predicted octanol–water partition coefficient (Wildman–Crippen LogP) is 8.72. The lowest BCUT2D eigenvalue weighted by atomic mass is 10.0. The van der Waals surface area contributed by atoms with Crippen LogP contribution in [0, 0.1) is 0 Å². The van der Waals surface area contributed by atoms with Crippen LogP contribution < -0.4 is 15.6 Å². The lowest BCUT2D eigenvalue weighted by molar-refractivity contribution is -0.118. The molecule has 0 spiro atoms. The molecule has 5 unspecified atom stereocenters. The van der Waals surface area contributed by atoms with Crippen LogP contribution in [0.1, 0.15) is 93.9 Å². The van der Waals surface area contributed by atoms with Gasteiger partial charge in [0.2, 0.25) is 5.95 Å².